The highest BCUT2D eigenvalue weighted by Crippen LogP contribution is 2.16. The van der Waals surface area contributed by atoms with E-state index in [0.29, 0.717) is 24.4 Å². The van der Waals surface area contributed by atoms with E-state index in [4.69, 9.17) is 4.74 Å². The van der Waals surface area contributed by atoms with Gasteiger partial charge >= 0.3 is 0 Å². The standard InChI is InChI=1S/C11H20N2O2/c1-8(9-4-5-15-7-9)12-6-10-2-3-11(14)13-10/h8-10,12H,2-7H2,1H3,(H,13,14). The molecule has 3 unspecified atom stereocenters. The first-order valence-corrected chi connectivity index (χ1v) is 5.86. The van der Waals surface area contributed by atoms with E-state index in [-0.39, 0.29) is 5.91 Å². The van der Waals surface area contributed by atoms with E-state index in [9.17, 15) is 4.79 Å². The average Bonchev–Trinajstić information content (AvgIpc) is 2.84. The lowest BCUT2D eigenvalue weighted by Gasteiger charge is -2.21. The normalized spacial score (nSPS) is 33.0. The first-order valence-electron chi connectivity index (χ1n) is 5.86. The van der Waals surface area contributed by atoms with E-state index in [1.807, 2.05) is 0 Å². The second kappa shape index (κ2) is 4.94. The maximum Gasteiger partial charge on any atom is 0.220 e. The molecule has 2 aliphatic heterocycles. The molecule has 3 atom stereocenters. The number of nitrogens with one attached hydrogen (secondary N) is 2. The van der Waals surface area contributed by atoms with Crippen LogP contribution in [0.2, 0.25) is 0 Å². The van der Waals surface area contributed by atoms with Crippen LogP contribution in [-0.2, 0) is 9.53 Å². The van der Waals surface area contributed by atoms with Crippen molar-refractivity contribution in [2.45, 2.75) is 38.3 Å². The Labute approximate surface area is 90.8 Å². The third-order valence-corrected chi connectivity index (χ3v) is 3.44. The molecule has 0 aromatic heterocycles. The highest BCUT2D eigenvalue weighted by atomic mass is 16.5. The van der Waals surface area contributed by atoms with Crippen molar-refractivity contribution in [1.29, 1.82) is 0 Å². The van der Waals surface area contributed by atoms with Gasteiger partial charge in [0.2, 0.25) is 5.91 Å². The summed E-state index contributed by atoms with van der Waals surface area (Å²) < 4.78 is 5.36. The molecule has 86 valence electrons. The molecule has 0 aromatic rings. The van der Waals surface area contributed by atoms with Crippen molar-refractivity contribution in [1.82, 2.24) is 10.6 Å². The topological polar surface area (TPSA) is 50.4 Å². The Morgan fingerprint density at radius 1 is 1.60 bits per heavy atom. The molecule has 2 fully saturated rings. The van der Waals surface area contributed by atoms with Crippen LogP contribution < -0.4 is 10.6 Å². The second-order valence-corrected chi connectivity index (χ2v) is 4.62. The molecular formula is C11H20N2O2. The molecule has 2 heterocycles. The molecule has 2 aliphatic rings. The number of rotatable bonds is 4. The van der Waals surface area contributed by atoms with Gasteiger partial charge in [0.1, 0.15) is 0 Å². The largest absolute Gasteiger partial charge is 0.381 e. The maximum atomic E-state index is 11.0. The van der Waals surface area contributed by atoms with Gasteiger partial charge in [0.05, 0.1) is 6.61 Å². The minimum absolute atomic E-state index is 0.193. The average molecular weight is 212 g/mol. The third kappa shape index (κ3) is 2.92. The third-order valence-electron chi connectivity index (χ3n) is 3.44. The zero-order valence-electron chi connectivity index (χ0n) is 9.29. The number of carbonyl (C=O) groups excluding carboxylic acids is 1. The fourth-order valence-corrected chi connectivity index (χ4v) is 2.27. The Bertz CT molecular complexity index is 227. The first-order chi connectivity index (χ1) is 7.25. The van der Waals surface area contributed by atoms with Gasteiger partial charge in [-0.25, -0.2) is 0 Å². The monoisotopic (exact) mass is 212 g/mol. The van der Waals surface area contributed by atoms with Crippen molar-refractivity contribution in [3.63, 3.8) is 0 Å². The van der Waals surface area contributed by atoms with Crippen molar-refractivity contribution in [2.75, 3.05) is 19.8 Å². The van der Waals surface area contributed by atoms with Gasteiger partial charge in [-0.1, -0.05) is 0 Å². The highest BCUT2D eigenvalue weighted by molar-refractivity contribution is 5.78. The van der Waals surface area contributed by atoms with E-state index in [1.165, 1.54) is 0 Å². The van der Waals surface area contributed by atoms with Gasteiger partial charge < -0.3 is 15.4 Å². The summed E-state index contributed by atoms with van der Waals surface area (Å²) in [6.45, 7) is 4.88. The van der Waals surface area contributed by atoms with Gasteiger partial charge in [-0.2, -0.15) is 0 Å². The number of carbonyl (C=O) groups is 1. The van der Waals surface area contributed by atoms with E-state index >= 15 is 0 Å². The summed E-state index contributed by atoms with van der Waals surface area (Å²) in [4.78, 5) is 11.0. The van der Waals surface area contributed by atoms with Gasteiger partial charge in [0.25, 0.3) is 0 Å². The number of hydrogen-bond acceptors (Lipinski definition) is 3. The fourth-order valence-electron chi connectivity index (χ4n) is 2.27. The Morgan fingerprint density at radius 2 is 2.47 bits per heavy atom. The molecule has 0 radical (unpaired) electrons. The summed E-state index contributed by atoms with van der Waals surface area (Å²) in [5.41, 5.74) is 0. The number of amides is 1. The summed E-state index contributed by atoms with van der Waals surface area (Å²) in [5, 5.41) is 6.46. The first kappa shape index (κ1) is 10.9. The molecule has 0 saturated carbocycles. The Morgan fingerprint density at radius 3 is 3.07 bits per heavy atom. The van der Waals surface area contributed by atoms with Crippen molar-refractivity contribution in [3.8, 4) is 0 Å². The molecule has 2 rings (SSSR count). The van der Waals surface area contributed by atoms with Crippen molar-refractivity contribution >= 4 is 5.91 Å². The molecule has 15 heavy (non-hydrogen) atoms. The Kier molecular flexibility index (Phi) is 3.59. The smallest absolute Gasteiger partial charge is 0.220 e. The summed E-state index contributed by atoms with van der Waals surface area (Å²) in [6.07, 6.45) is 2.82. The van der Waals surface area contributed by atoms with E-state index < -0.39 is 0 Å². The lowest BCUT2D eigenvalue weighted by Crippen LogP contribution is -2.42. The van der Waals surface area contributed by atoms with Gasteiger partial charge in [-0.3, -0.25) is 4.79 Å². The quantitative estimate of drug-likeness (QED) is 0.704. The fraction of sp³-hybridized carbons (Fsp3) is 0.909. The van der Waals surface area contributed by atoms with Crippen molar-refractivity contribution in [3.05, 3.63) is 0 Å². The Hall–Kier alpha value is -0.610. The molecule has 0 bridgehead atoms. The van der Waals surface area contributed by atoms with Crippen LogP contribution in [0.15, 0.2) is 0 Å². The summed E-state index contributed by atoms with van der Waals surface area (Å²) in [7, 11) is 0. The Balaban J connectivity index is 1.66. The predicted octanol–water partition coefficient (Wildman–Crippen LogP) is 0.280. The molecule has 0 aromatic carbocycles. The highest BCUT2D eigenvalue weighted by Gasteiger charge is 2.24. The minimum atomic E-state index is 0.193. The van der Waals surface area contributed by atoms with Gasteiger partial charge in [0.15, 0.2) is 0 Å². The minimum Gasteiger partial charge on any atom is -0.381 e. The summed E-state index contributed by atoms with van der Waals surface area (Å²) >= 11 is 0. The molecular weight excluding hydrogens is 192 g/mol. The van der Waals surface area contributed by atoms with Crippen LogP contribution >= 0.6 is 0 Å². The van der Waals surface area contributed by atoms with Crippen LogP contribution in [0.25, 0.3) is 0 Å². The number of hydrogen-bond donors (Lipinski definition) is 2. The predicted molar refractivity (Wildman–Crippen MR) is 57.6 cm³/mol. The van der Waals surface area contributed by atoms with Gasteiger partial charge in [-0.05, 0) is 25.7 Å². The summed E-state index contributed by atoms with van der Waals surface area (Å²) in [6, 6.07) is 0.826. The van der Waals surface area contributed by atoms with Crippen LogP contribution in [0.4, 0.5) is 0 Å². The van der Waals surface area contributed by atoms with Gasteiger partial charge in [0, 0.05) is 31.7 Å². The molecule has 4 nitrogen and oxygen atoms in total. The lowest BCUT2D eigenvalue weighted by molar-refractivity contribution is -0.119. The van der Waals surface area contributed by atoms with Crippen molar-refractivity contribution < 1.29 is 9.53 Å². The molecule has 1 amide bonds. The number of ether oxygens (including phenoxy) is 1. The SMILES string of the molecule is CC(NCC1CCC(=O)N1)C1CCOC1. The maximum absolute atomic E-state index is 11.0. The molecule has 2 saturated heterocycles. The van der Waals surface area contributed by atoms with E-state index in [1.54, 1.807) is 0 Å². The van der Waals surface area contributed by atoms with E-state index in [0.717, 1.165) is 32.6 Å². The molecule has 4 heteroatoms. The van der Waals surface area contributed by atoms with E-state index in [2.05, 4.69) is 17.6 Å². The van der Waals surface area contributed by atoms with Crippen LogP contribution in [-0.4, -0.2) is 37.7 Å². The van der Waals surface area contributed by atoms with Crippen LogP contribution in [0, 0.1) is 5.92 Å². The van der Waals surface area contributed by atoms with Crippen LogP contribution in [0.1, 0.15) is 26.2 Å². The van der Waals surface area contributed by atoms with Crippen LogP contribution in [0.5, 0.6) is 0 Å². The second-order valence-electron chi connectivity index (χ2n) is 4.62. The summed E-state index contributed by atoms with van der Waals surface area (Å²) in [5.74, 6) is 0.834. The molecule has 0 aliphatic carbocycles. The zero-order chi connectivity index (χ0) is 10.7. The zero-order valence-corrected chi connectivity index (χ0v) is 9.29. The van der Waals surface area contributed by atoms with Crippen LogP contribution in [0.3, 0.4) is 0 Å². The molecule has 2 N–H and O–H groups in total. The van der Waals surface area contributed by atoms with Gasteiger partial charge in [-0.15, -0.1) is 0 Å². The molecule has 0 spiro atoms. The van der Waals surface area contributed by atoms with Crippen molar-refractivity contribution in [2.24, 2.45) is 5.92 Å². The lowest BCUT2D eigenvalue weighted by atomic mass is 10.0.